The fourth-order valence-electron chi connectivity index (χ4n) is 3.07. The van der Waals surface area contributed by atoms with E-state index < -0.39 is 0 Å². The highest BCUT2D eigenvalue weighted by Gasteiger charge is 2.12. The zero-order valence-electron chi connectivity index (χ0n) is 15.4. The van der Waals surface area contributed by atoms with Crippen LogP contribution in [0.2, 0.25) is 0 Å². The molecule has 5 nitrogen and oxygen atoms in total. The van der Waals surface area contributed by atoms with Gasteiger partial charge in [-0.15, -0.1) is 0 Å². The highest BCUT2D eigenvalue weighted by atomic mass is 16.5. The molecule has 138 valence electrons. The van der Waals surface area contributed by atoms with Gasteiger partial charge in [0.15, 0.2) is 0 Å². The summed E-state index contributed by atoms with van der Waals surface area (Å²) in [5, 5.41) is 2.98. The molecule has 0 aromatic heterocycles. The highest BCUT2D eigenvalue weighted by molar-refractivity contribution is 5.73. The number of urea groups is 1. The summed E-state index contributed by atoms with van der Waals surface area (Å²) in [4.78, 5) is 16.3. The first-order valence-electron chi connectivity index (χ1n) is 9.17. The molecule has 0 aliphatic carbocycles. The lowest BCUT2D eigenvalue weighted by Crippen LogP contribution is -2.38. The minimum atomic E-state index is -0.0433. The third-order valence-electron chi connectivity index (χ3n) is 4.61. The van der Waals surface area contributed by atoms with E-state index >= 15 is 0 Å². The van der Waals surface area contributed by atoms with Crippen molar-refractivity contribution in [1.29, 1.82) is 0 Å². The van der Waals surface area contributed by atoms with E-state index in [1.807, 2.05) is 25.2 Å². The smallest absolute Gasteiger partial charge is 0.317 e. The Morgan fingerprint density at radius 2 is 1.73 bits per heavy atom. The molecule has 2 aromatic carbocycles. The summed E-state index contributed by atoms with van der Waals surface area (Å²) >= 11 is 0. The second kappa shape index (κ2) is 9.25. The molecule has 0 saturated carbocycles. The number of carbonyl (C=O) groups is 1. The van der Waals surface area contributed by atoms with Crippen LogP contribution < -0.4 is 10.2 Å². The Morgan fingerprint density at radius 1 is 1.04 bits per heavy atom. The molecule has 1 fully saturated rings. The van der Waals surface area contributed by atoms with Gasteiger partial charge in [0.1, 0.15) is 0 Å². The molecule has 2 amide bonds. The van der Waals surface area contributed by atoms with Crippen LogP contribution in [0.4, 0.5) is 10.5 Å². The van der Waals surface area contributed by atoms with Crippen LogP contribution in [0.5, 0.6) is 0 Å². The minimum Gasteiger partial charge on any atom is -0.378 e. The van der Waals surface area contributed by atoms with E-state index in [2.05, 4.69) is 46.6 Å². The summed E-state index contributed by atoms with van der Waals surface area (Å²) in [6.07, 6.45) is 0.842. The van der Waals surface area contributed by atoms with Gasteiger partial charge in [0.05, 0.1) is 13.2 Å². The monoisotopic (exact) mass is 353 g/mol. The van der Waals surface area contributed by atoms with Crippen molar-refractivity contribution in [3.05, 3.63) is 65.7 Å². The van der Waals surface area contributed by atoms with Crippen LogP contribution in [-0.4, -0.2) is 50.8 Å². The topological polar surface area (TPSA) is 44.8 Å². The Morgan fingerprint density at radius 3 is 2.42 bits per heavy atom. The molecular weight excluding hydrogens is 326 g/mol. The lowest BCUT2D eigenvalue weighted by molar-refractivity contribution is 0.122. The number of morpholine rings is 1. The number of nitrogens with one attached hydrogen (secondary N) is 1. The van der Waals surface area contributed by atoms with Crippen LogP contribution >= 0.6 is 0 Å². The third kappa shape index (κ3) is 5.23. The second-order valence-corrected chi connectivity index (χ2v) is 6.59. The van der Waals surface area contributed by atoms with E-state index in [-0.39, 0.29) is 6.03 Å². The van der Waals surface area contributed by atoms with E-state index in [1.54, 1.807) is 4.90 Å². The lowest BCUT2D eigenvalue weighted by atomic mass is 10.1. The Labute approximate surface area is 155 Å². The van der Waals surface area contributed by atoms with Crippen LogP contribution in [0.1, 0.15) is 11.1 Å². The molecule has 3 rings (SSSR count). The summed E-state index contributed by atoms with van der Waals surface area (Å²) in [5.74, 6) is 0. The quantitative estimate of drug-likeness (QED) is 0.868. The Bertz CT molecular complexity index is 682. The molecule has 5 heteroatoms. The van der Waals surface area contributed by atoms with E-state index in [4.69, 9.17) is 4.74 Å². The summed E-state index contributed by atoms with van der Waals surface area (Å²) in [5.41, 5.74) is 3.57. The van der Waals surface area contributed by atoms with Crippen molar-refractivity contribution in [3.8, 4) is 0 Å². The standard InChI is InChI=1S/C21H27N3O2/c1-23(21(25)22-12-11-18-5-3-2-4-6-18)17-19-7-9-20(10-8-19)24-13-15-26-16-14-24/h2-10H,11-17H2,1H3,(H,22,25). The molecule has 0 unspecified atom stereocenters. The molecule has 26 heavy (non-hydrogen) atoms. The molecule has 1 aliphatic rings. The average molecular weight is 353 g/mol. The Hall–Kier alpha value is -2.53. The first kappa shape index (κ1) is 18.3. The van der Waals surface area contributed by atoms with Crippen LogP contribution in [0.15, 0.2) is 54.6 Å². The van der Waals surface area contributed by atoms with Gasteiger partial charge in [-0.2, -0.15) is 0 Å². The van der Waals surface area contributed by atoms with Gasteiger partial charge in [-0.25, -0.2) is 4.79 Å². The molecule has 1 aliphatic heterocycles. The summed E-state index contributed by atoms with van der Waals surface area (Å²) in [7, 11) is 1.83. The molecule has 0 spiro atoms. The van der Waals surface area contributed by atoms with Gasteiger partial charge in [0.2, 0.25) is 0 Å². The zero-order chi connectivity index (χ0) is 18.2. The maximum absolute atomic E-state index is 12.2. The third-order valence-corrected chi connectivity index (χ3v) is 4.61. The van der Waals surface area contributed by atoms with Crippen LogP contribution in [0, 0.1) is 0 Å². The fraction of sp³-hybridized carbons (Fsp3) is 0.381. The largest absolute Gasteiger partial charge is 0.378 e. The van der Waals surface area contributed by atoms with Crippen LogP contribution in [-0.2, 0) is 17.7 Å². The van der Waals surface area contributed by atoms with Crippen molar-refractivity contribution in [3.63, 3.8) is 0 Å². The summed E-state index contributed by atoms with van der Waals surface area (Å²) in [6, 6.07) is 18.6. The maximum Gasteiger partial charge on any atom is 0.317 e. The van der Waals surface area contributed by atoms with Crippen molar-refractivity contribution < 1.29 is 9.53 Å². The maximum atomic E-state index is 12.2. The van der Waals surface area contributed by atoms with Crippen molar-refractivity contribution in [2.75, 3.05) is 44.8 Å². The van der Waals surface area contributed by atoms with Crippen LogP contribution in [0.3, 0.4) is 0 Å². The number of nitrogens with zero attached hydrogens (tertiary/aromatic N) is 2. The van der Waals surface area contributed by atoms with Gasteiger partial charge in [0.25, 0.3) is 0 Å². The van der Waals surface area contributed by atoms with E-state index in [9.17, 15) is 4.79 Å². The number of ether oxygens (including phenoxy) is 1. The van der Waals surface area contributed by atoms with E-state index in [1.165, 1.54) is 11.3 Å². The molecule has 0 bridgehead atoms. The number of rotatable bonds is 6. The van der Waals surface area contributed by atoms with Gasteiger partial charge in [-0.1, -0.05) is 42.5 Å². The van der Waals surface area contributed by atoms with Crippen molar-refractivity contribution in [2.24, 2.45) is 0 Å². The fourth-order valence-corrected chi connectivity index (χ4v) is 3.07. The zero-order valence-corrected chi connectivity index (χ0v) is 15.4. The van der Waals surface area contributed by atoms with E-state index in [0.29, 0.717) is 13.1 Å². The number of carbonyl (C=O) groups excluding carboxylic acids is 1. The Kier molecular flexibility index (Phi) is 6.50. The summed E-state index contributed by atoms with van der Waals surface area (Å²) < 4.78 is 5.39. The number of benzene rings is 2. The summed E-state index contributed by atoms with van der Waals surface area (Å²) in [6.45, 7) is 4.68. The van der Waals surface area contributed by atoms with Gasteiger partial charge in [-0.05, 0) is 29.7 Å². The predicted octanol–water partition coefficient (Wildman–Crippen LogP) is 2.91. The first-order valence-corrected chi connectivity index (χ1v) is 9.17. The molecule has 1 saturated heterocycles. The number of hydrogen-bond acceptors (Lipinski definition) is 3. The molecule has 0 radical (unpaired) electrons. The number of hydrogen-bond donors (Lipinski definition) is 1. The average Bonchev–Trinajstić information content (AvgIpc) is 2.70. The van der Waals surface area contributed by atoms with Gasteiger partial charge < -0.3 is 19.9 Å². The highest BCUT2D eigenvalue weighted by Crippen LogP contribution is 2.17. The number of amides is 2. The molecule has 1 heterocycles. The van der Waals surface area contributed by atoms with Crippen molar-refractivity contribution in [2.45, 2.75) is 13.0 Å². The van der Waals surface area contributed by atoms with Gasteiger partial charge in [0, 0.05) is 38.9 Å². The number of anilines is 1. The van der Waals surface area contributed by atoms with E-state index in [0.717, 1.165) is 38.3 Å². The SMILES string of the molecule is CN(Cc1ccc(N2CCOCC2)cc1)C(=O)NCCc1ccccc1. The van der Waals surface area contributed by atoms with Gasteiger partial charge in [-0.3, -0.25) is 0 Å². The minimum absolute atomic E-state index is 0.0433. The van der Waals surface area contributed by atoms with Crippen LogP contribution in [0.25, 0.3) is 0 Å². The Balaban J connectivity index is 1.44. The predicted molar refractivity (Wildman–Crippen MR) is 104 cm³/mol. The molecule has 0 atom stereocenters. The molecule has 2 aromatic rings. The molecular formula is C21H27N3O2. The van der Waals surface area contributed by atoms with Crippen molar-refractivity contribution in [1.82, 2.24) is 10.2 Å². The lowest BCUT2D eigenvalue weighted by Gasteiger charge is -2.29. The second-order valence-electron chi connectivity index (χ2n) is 6.59. The normalized spacial score (nSPS) is 14.1. The first-order chi connectivity index (χ1) is 12.7. The van der Waals surface area contributed by atoms with Crippen molar-refractivity contribution >= 4 is 11.7 Å². The molecule has 1 N–H and O–H groups in total. The van der Waals surface area contributed by atoms with Gasteiger partial charge >= 0.3 is 6.03 Å².